The predicted octanol–water partition coefficient (Wildman–Crippen LogP) is 1.56. The molecule has 1 heterocycles. The minimum absolute atomic E-state index is 0.0669. The van der Waals surface area contributed by atoms with Crippen molar-refractivity contribution in [3.05, 3.63) is 12.2 Å². The molecule has 3 heteroatoms. The van der Waals surface area contributed by atoms with E-state index in [-0.39, 0.29) is 5.91 Å². The van der Waals surface area contributed by atoms with Crippen LogP contribution in [-0.2, 0) is 4.79 Å². The molecule has 0 saturated heterocycles. The number of carbonyl (C=O) groups is 1. The zero-order valence-corrected chi connectivity index (χ0v) is 11.0. The van der Waals surface area contributed by atoms with Gasteiger partial charge in [0.2, 0.25) is 5.91 Å². The molecule has 1 aliphatic rings. The molecule has 0 spiro atoms. The van der Waals surface area contributed by atoms with Gasteiger partial charge in [0.15, 0.2) is 0 Å². The SMILES string of the molecule is CC(=O)NCC[N+]1(C)CC=CC(C)(C)CC1. The molecule has 0 bridgehead atoms. The second kappa shape index (κ2) is 5.00. The van der Waals surface area contributed by atoms with E-state index < -0.39 is 0 Å². The molecule has 0 radical (unpaired) electrons. The van der Waals surface area contributed by atoms with Gasteiger partial charge in [0.1, 0.15) is 0 Å². The molecule has 1 rings (SSSR count). The van der Waals surface area contributed by atoms with Gasteiger partial charge in [-0.25, -0.2) is 0 Å². The van der Waals surface area contributed by atoms with Gasteiger partial charge in [-0.05, 0) is 11.5 Å². The largest absolute Gasteiger partial charge is 0.351 e. The summed E-state index contributed by atoms with van der Waals surface area (Å²) in [6.45, 7) is 10.2. The third kappa shape index (κ3) is 4.35. The lowest BCUT2D eigenvalue weighted by molar-refractivity contribution is -0.903. The molecular weight excluding hydrogens is 200 g/mol. The van der Waals surface area contributed by atoms with Crippen molar-refractivity contribution in [1.82, 2.24) is 5.32 Å². The van der Waals surface area contributed by atoms with Gasteiger partial charge >= 0.3 is 0 Å². The van der Waals surface area contributed by atoms with Crippen molar-refractivity contribution >= 4 is 5.91 Å². The van der Waals surface area contributed by atoms with E-state index in [1.807, 2.05) is 0 Å². The van der Waals surface area contributed by atoms with Gasteiger partial charge in [0.25, 0.3) is 0 Å². The van der Waals surface area contributed by atoms with Crippen LogP contribution in [0.1, 0.15) is 27.2 Å². The van der Waals surface area contributed by atoms with E-state index in [0.717, 1.165) is 24.1 Å². The number of amides is 1. The smallest absolute Gasteiger partial charge is 0.217 e. The van der Waals surface area contributed by atoms with Crippen molar-refractivity contribution in [3.8, 4) is 0 Å². The van der Waals surface area contributed by atoms with Crippen LogP contribution in [0.3, 0.4) is 0 Å². The van der Waals surface area contributed by atoms with Crippen LogP contribution in [0.25, 0.3) is 0 Å². The van der Waals surface area contributed by atoms with Crippen molar-refractivity contribution in [2.24, 2.45) is 5.41 Å². The molecule has 0 fully saturated rings. The van der Waals surface area contributed by atoms with Crippen LogP contribution < -0.4 is 5.32 Å². The second-order valence-corrected chi connectivity index (χ2v) is 5.87. The van der Waals surface area contributed by atoms with Crippen molar-refractivity contribution < 1.29 is 9.28 Å². The zero-order valence-electron chi connectivity index (χ0n) is 11.0. The summed E-state index contributed by atoms with van der Waals surface area (Å²) in [6.07, 6.45) is 5.83. The lowest BCUT2D eigenvalue weighted by Crippen LogP contribution is -2.49. The Bertz CT molecular complexity index is 284. The van der Waals surface area contributed by atoms with E-state index >= 15 is 0 Å². The first-order valence-electron chi connectivity index (χ1n) is 6.09. The number of nitrogens with one attached hydrogen (secondary N) is 1. The molecule has 92 valence electrons. The van der Waals surface area contributed by atoms with E-state index in [1.54, 1.807) is 6.92 Å². The highest BCUT2D eigenvalue weighted by atomic mass is 16.1. The Morgan fingerprint density at radius 2 is 2.19 bits per heavy atom. The molecule has 0 aliphatic carbocycles. The predicted molar refractivity (Wildman–Crippen MR) is 67.0 cm³/mol. The minimum Gasteiger partial charge on any atom is -0.351 e. The third-order valence-corrected chi connectivity index (χ3v) is 3.44. The van der Waals surface area contributed by atoms with Gasteiger partial charge in [0, 0.05) is 13.3 Å². The summed E-state index contributed by atoms with van der Waals surface area (Å²) >= 11 is 0. The molecule has 1 atom stereocenters. The summed E-state index contributed by atoms with van der Waals surface area (Å²) in [6, 6.07) is 0. The fraction of sp³-hybridized carbons (Fsp3) is 0.769. The first kappa shape index (κ1) is 13.2. The maximum absolute atomic E-state index is 10.8. The lowest BCUT2D eigenvalue weighted by Gasteiger charge is -2.34. The highest BCUT2D eigenvalue weighted by Crippen LogP contribution is 2.26. The topological polar surface area (TPSA) is 29.1 Å². The average molecular weight is 225 g/mol. The maximum atomic E-state index is 10.8. The van der Waals surface area contributed by atoms with Gasteiger partial charge < -0.3 is 9.80 Å². The highest BCUT2D eigenvalue weighted by molar-refractivity contribution is 5.72. The number of hydrogen-bond acceptors (Lipinski definition) is 1. The molecule has 0 aromatic carbocycles. The summed E-state index contributed by atoms with van der Waals surface area (Å²) in [4.78, 5) is 10.8. The molecule has 16 heavy (non-hydrogen) atoms. The van der Waals surface area contributed by atoms with Gasteiger partial charge in [-0.15, -0.1) is 0 Å². The summed E-state index contributed by atoms with van der Waals surface area (Å²) in [5.74, 6) is 0.0669. The Labute approximate surface area is 99.1 Å². The molecule has 0 saturated carbocycles. The number of carbonyl (C=O) groups excluding carboxylic acids is 1. The van der Waals surface area contributed by atoms with Gasteiger partial charge in [-0.1, -0.05) is 19.9 Å². The van der Waals surface area contributed by atoms with E-state index in [0.29, 0.717) is 5.41 Å². The number of likely N-dealkylation sites (N-methyl/N-ethyl adjacent to an activating group) is 1. The van der Waals surface area contributed by atoms with Crippen LogP contribution in [0, 0.1) is 5.41 Å². The molecule has 3 nitrogen and oxygen atoms in total. The van der Waals surface area contributed by atoms with Crippen molar-refractivity contribution in [2.75, 3.05) is 33.2 Å². The van der Waals surface area contributed by atoms with Crippen molar-refractivity contribution in [2.45, 2.75) is 27.2 Å². The lowest BCUT2D eigenvalue weighted by atomic mass is 9.89. The fourth-order valence-corrected chi connectivity index (χ4v) is 2.06. The first-order valence-corrected chi connectivity index (χ1v) is 6.09. The Kier molecular flexibility index (Phi) is 4.14. The number of hydrogen-bond donors (Lipinski definition) is 1. The van der Waals surface area contributed by atoms with E-state index in [9.17, 15) is 4.79 Å². The van der Waals surface area contributed by atoms with E-state index in [4.69, 9.17) is 0 Å². The normalized spacial score (nSPS) is 28.5. The van der Waals surface area contributed by atoms with Crippen LogP contribution in [0.5, 0.6) is 0 Å². The molecule has 1 unspecified atom stereocenters. The van der Waals surface area contributed by atoms with Crippen molar-refractivity contribution in [3.63, 3.8) is 0 Å². The molecule has 1 aliphatic heterocycles. The Morgan fingerprint density at radius 3 is 2.81 bits per heavy atom. The minimum atomic E-state index is 0.0669. The molecule has 0 aromatic heterocycles. The molecular formula is C13H25N2O+. The number of rotatable bonds is 3. The van der Waals surface area contributed by atoms with Gasteiger partial charge in [-0.3, -0.25) is 4.79 Å². The second-order valence-electron chi connectivity index (χ2n) is 5.87. The Hall–Kier alpha value is -0.830. The van der Waals surface area contributed by atoms with Crippen LogP contribution in [-0.4, -0.2) is 43.6 Å². The Morgan fingerprint density at radius 1 is 1.50 bits per heavy atom. The van der Waals surface area contributed by atoms with E-state index in [2.05, 4.69) is 38.4 Å². The quantitative estimate of drug-likeness (QED) is 0.573. The summed E-state index contributed by atoms with van der Waals surface area (Å²) < 4.78 is 1.03. The monoisotopic (exact) mass is 225 g/mol. The van der Waals surface area contributed by atoms with Gasteiger partial charge in [-0.2, -0.15) is 0 Å². The van der Waals surface area contributed by atoms with Crippen LogP contribution >= 0.6 is 0 Å². The third-order valence-electron chi connectivity index (χ3n) is 3.44. The summed E-state index contributed by atoms with van der Waals surface area (Å²) in [7, 11) is 2.27. The standard InChI is InChI=1S/C13H24N2O/c1-12(16)14-8-11-15(4)9-5-6-13(2,3)7-10-15/h5-6H,7-11H2,1-4H3/p+1. The molecule has 0 aromatic rings. The molecule has 1 N–H and O–H groups in total. The average Bonchev–Trinajstić information content (AvgIpc) is 2.26. The number of allylic oxidation sites excluding steroid dienone is 1. The van der Waals surface area contributed by atoms with Crippen LogP contribution in [0.2, 0.25) is 0 Å². The maximum Gasteiger partial charge on any atom is 0.217 e. The highest BCUT2D eigenvalue weighted by Gasteiger charge is 2.27. The fourth-order valence-electron chi connectivity index (χ4n) is 2.06. The summed E-state index contributed by atoms with van der Waals surface area (Å²) in [5, 5.41) is 2.88. The van der Waals surface area contributed by atoms with Crippen LogP contribution in [0.4, 0.5) is 0 Å². The molecule has 1 amide bonds. The number of nitrogens with zero attached hydrogens (tertiary/aromatic N) is 1. The van der Waals surface area contributed by atoms with Crippen molar-refractivity contribution in [1.29, 1.82) is 0 Å². The first-order chi connectivity index (χ1) is 7.33. The van der Waals surface area contributed by atoms with Gasteiger partial charge in [0.05, 0.1) is 33.2 Å². The summed E-state index contributed by atoms with van der Waals surface area (Å²) in [5.41, 5.74) is 0.323. The number of quaternary nitrogens is 1. The van der Waals surface area contributed by atoms with Crippen LogP contribution in [0.15, 0.2) is 12.2 Å². The van der Waals surface area contributed by atoms with E-state index in [1.165, 1.54) is 13.0 Å². The Balaban J connectivity index is 2.46. The zero-order chi connectivity index (χ0) is 12.2.